The van der Waals surface area contributed by atoms with Gasteiger partial charge in [-0.25, -0.2) is 0 Å². The Kier molecular flexibility index (Phi) is 7.52. The lowest BCUT2D eigenvalue weighted by Gasteiger charge is -2.23. The maximum absolute atomic E-state index is 5.56. The summed E-state index contributed by atoms with van der Waals surface area (Å²) in [6.45, 7) is 4.87. The molecule has 1 N–H and O–H groups in total. The molecule has 25 heavy (non-hydrogen) atoms. The number of nitrogens with zero attached hydrogens (tertiary/aromatic N) is 3. The predicted octanol–water partition coefficient (Wildman–Crippen LogP) is 3.53. The van der Waals surface area contributed by atoms with Crippen molar-refractivity contribution in [2.45, 2.75) is 26.6 Å². The average molecular weight is 407 g/mol. The Labute approximate surface area is 158 Å². The summed E-state index contributed by atoms with van der Waals surface area (Å²) in [6, 6.07) is 10.5. The fraction of sp³-hybridized carbons (Fsp3) is 0.421. The maximum atomic E-state index is 5.56. The van der Waals surface area contributed by atoms with E-state index in [4.69, 9.17) is 4.74 Å². The van der Waals surface area contributed by atoms with Crippen LogP contribution in [0.15, 0.2) is 46.0 Å². The number of aliphatic imine (C=N–C) groups is 1. The van der Waals surface area contributed by atoms with E-state index in [1.165, 1.54) is 16.8 Å². The summed E-state index contributed by atoms with van der Waals surface area (Å²) in [5, 5.41) is 3.45. The molecule has 0 aliphatic rings. The van der Waals surface area contributed by atoms with Crippen LogP contribution < -0.4 is 5.32 Å². The third kappa shape index (κ3) is 5.61. The van der Waals surface area contributed by atoms with Crippen molar-refractivity contribution in [2.24, 2.45) is 12.0 Å². The minimum absolute atomic E-state index is 0.639. The Bertz CT molecular complexity index is 711. The smallest absolute Gasteiger partial charge is 0.194 e. The Balaban J connectivity index is 1.99. The Hall–Kier alpha value is -1.79. The highest BCUT2D eigenvalue weighted by molar-refractivity contribution is 9.10. The molecule has 2 aromatic rings. The number of aryl methyl sites for hydroxylation is 1. The summed E-state index contributed by atoms with van der Waals surface area (Å²) in [4.78, 5) is 6.52. The number of rotatable bonds is 7. The van der Waals surface area contributed by atoms with E-state index in [0.29, 0.717) is 6.61 Å². The fourth-order valence-corrected chi connectivity index (χ4v) is 3.25. The molecule has 0 spiro atoms. The first kappa shape index (κ1) is 19.5. The van der Waals surface area contributed by atoms with E-state index in [0.717, 1.165) is 30.1 Å². The third-order valence-corrected chi connectivity index (χ3v) is 4.50. The van der Waals surface area contributed by atoms with E-state index < -0.39 is 0 Å². The van der Waals surface area contributed by atoms with E-state index in [9.17, 15) is 0 Å². The predicted molar refractivity (Wildman–Crippen MR) is 107 cm³/mol. The number of guanidine groups is 1. The molecule has 0 saturated heterocycles. The van der Waals surface area contributed by atoms with Crippen LogP contribution >= 0.6 is 15.9 Å². The van der Waals surface area contributed by atoms with Gasteiger partial charge in [0, 0.05) is 50.7 Å². The van der Waals surface area contributed by atoms with Gasteiger partial charge in [0.2, 0.25) is 0 Å². The highest BCUT2D eigenvalue weighted by atomic mass is 79.9. The first-order valence-electron chi connectivity index (χ1n) is 8.42. The van der Waals surface area contributed by atoms with E-state index in [2.05, 4.69) is 66.2 Å². The summed E-state index contributed by atoms with van der Waals surface area (Å²) >= 11 is 3.52. The monoisotopic (exact) mass is 406 g/mol. The number of hydrogen-bond donors (Lipinski definition) is 1. The van der Waals surface area contributed by atoms with E-state index in [-0.39, 0.29) is 0 Å². The van der Waals surface area contributed by atoms with Crippen molar-refractivity contribution in [1.82, 2.24) is 14.8 Å². The Morgan fingerprint density at radius 1 is 1.32 bits per heavy atom. The molecule has 136 valence electrons. The average Bonchev–Trinajstić information content (AvgIpc) is 2.91. The molecule has 2 rings (SSSR count). The molecule has 0 aliphatic heterocycles. The normalized spacial score (nSPS) is 11.6. The van der Waals surface area contributed by atoms with Gasteiger partial charge in [0.15, 0.2) is 5.96 Å². The first-order valence-corrected chi connectivity index (χ1v) is 9.21. The summed E-state index contributed by atoms with van der Waals surface area (Å²) in [6.07, 6.45) is 2.06. The van der Waals surface area contributed by atoms with Gasteiger partial charge in [-0.2, -0.15) is 0 Å². The zero-order valence-electron chi connectivity index (χ0n) is 15.4. The first-order chi connectivity index (χ1) is 12.0. The van der Waals surface area contributed by atoms with Crippen molar-refractivity contribution in [2.75, 3.05) is 20.7 Å². The number of nitrogens with one attached hydrogen (secondary N) is 1. The number of ether oxygens (including phenoxy) is 1. The molecule has 1 aromatic heterocycles. The lowest BCUT2D eigenvalue weighted by molar-refractivity contribution is 0.133. The van der Waals surface area contributed by atoms with Crippen LogP contribution in [0.25, 0.3) is 0 Å². The molecule has 0 fully saturated rings. The number of hydrogen-bond acceptors (Lipinski definition) is 2. The molecule has 6 heteroatoms. The molecule has 5 nitrogen and oxygen atoms in total. The topological polar surface area (TPSA) is 41.8 Å². The van der Waals surface area contributed by atoms with Crippen molar-refractivity contribution in [3.05, 3.63) is 57.8 Å². The maximum Gasteiger partial charge on any atom is 0.194 e. The van der Waals surface area contributed by atoms with E-state index >= 15 is 0 Å². The molecule has 0 saturated carbocycles. The summed E-state index contributed by atoms with van der Waals surface area (Å²) in [5.41, 5.74) is 3.66. The van der Waals surface area contributed by atoms with Crippen LogP contribution in [0, 0.1) is 0 Å². The minimum atomic E-state index is 0.639. The van der Waals surface area contributed by atoms with Crippen molar-refractivity contribution < 1.29 is 4.74 Å². The standard InChI is InChI=1S/C19H27BrN4O/c1-5-25-14-16-9-7-6-8-15(16)11-22-19(21-2)24(4)13-18-10-17(20)12-23(18)3/h6-10,12H,5,11,13-14H2,1-4H3,(H,21,22). The lowest BCUT2D eigenvalue weighted by atomic mass is 10.1. The molecule has 1 heterocycles. The highest BCUT2D eigenvalue weighted by Crippen LogP contribution is 2.15. The number of benzene rings is 1. The van der Waals surface area contributed by atoms with Gasteiger partial charge in [0.1, 0.15) is 0 Å². The largest absolute Gasteiger partial charge is 0.377 e. The summed E-state index contributed by atoms with van der Waals surface area (Å²) < 4.78 is 8.77. The fourth-order valence-electron chi connectivity index (χ4n) is 2.68. The Morgan fingerprint density at radius 3 is 2.64 bits per heavy atom. The third-order valence-electron chi connectivity index (χ3n) is 4.06. The van der Waals surface area contributed by atoms with Crippen LogP contribution in [-0.2, 0) is 31.5 Å². The van der Waals surface area contributed by atoms with Crippen molar-refractivity contribution >= 4 is 21.9 Å². The zero-order valence-corrected chi connectivity index (χ0v) is 17.0. The van der Waals surface area contributed by atoms with Crippen molar-refractivity contribution in [1.29, 1.82) is 0 Å². The van der Waals surface area contributed by atoms with E-state index in [1.54, 1.807) is 0 Å². The molecule has 0 aliphatic carbocycles. The van der Waals surface area contributed by atoms with Gasteiger partial charge < -0.3 is 19.5 Å². The zero-order chi connectivity index (χ0) is 18.2. The van der Waals surface area contributed by atoms with Crippen molar-refractivity contribution in [3.8, 4) is 0 Å². The second kappa shape index (κ2) is 9.63. The van der Waals surface area contributed by atoms with Gasteiger partial charge in [-0.05, 0) is 40.0 Å². The quantitative estimate of drug-likeness (QED) is 0.564. The van der Waals surface area contributed by atoms with Crippen LogP contribution in [0.3, 0.4) is 0 Å². The van der Waals surface area contributed by atoms with Gasteiger partial charge in [-0.15, -0.1) is 0 Å². The van der Waals surface area contributed by atoms with Gasteiger partial charge >= 0.3 is 0 Å². The Morgan fingerprint density at radius 2 is 2.04 bits per heavy atom. The lowest BCUT2D eigenvalue weighted by Crippen LogP contribution is -2.38. The van der Waals surface area contributed by atoms with Crippen LogP contribution in [0.2, 0.25) is 0 Å². The molecule has 0 amide bonds. The van der Waals surface area contributed by atoms with Crippen LogP contribution in [0.4, 0.5) is 0 Å². The van der Waals surface area contributed by atoms with E-state index in [1.807, 2.05) is 34.1 Å². The van der Waals surface area contributed by atoms with Crippen molar-refractivity contribution in [3.63, 3.8) is 0 Å². The van der Waals surface area contributed by atoms with Crippen LogP contribution in [0.5, 0.6) is 0 Å². The molecule has 0 unspecified atom stereocenters. The highest BCUT2D eigenvalue weighted by Gasteiger charge is 2.10. The van der Waals surface area contributed by atoms with Crippen LogP contribution in [0.1, 0.15) is 23.7 Å². The summed E-state index contributed by atoms with van der Waals surface area (Å²) in [7, 11) is 5.91. The number of aromatic nitrogens is 1. The van der Waals surface area contributed by atoms with Gasteiger partial charge in [-0.3, -0.25) is 4.99 Å². The molecular weight excluding hydrogens is 380 g/mol. The minimum Gasteiger partial charge on any atom is -0.377 e. The molecule has 0 bridgehead atoms. The van der Waals surface area contributed by atoms with Gasteiger partial charge in [0.05, 0.1) is 13.2 Å². The van der Waals surface area contributed by atoms with Gasteiger partial charge in [0.25, 0.3) is 0 Å². The molecule has 0 radical (unpaired) electrons. The second-order valence-electron chi connectivity index (χ2n) is 5.92. The SMILES string of the molecule is CCOCc1ccccc1CNC(=NC)N(C)Cc1cc(Br)cn1C. The second-order valence-corrected chi connectivity index (χ2v) is 6.84. The number of halogens is 1. The molecular formula is C19H27BrN4O. The van der Waals surface area contributed by atoms with Gasteiger partial charge in [-0.1, -0.05) is 24.3 Å². The molecule has 1 aromatic carbocycles. The van der Waals surface area contributed by atoms with Crippen LogP contribution in [-0.4, -0.2) is 36.1 Å². The molecule has 0 atom stereocenters. The summed E-state index contributed by atoms with van der Waals surface area (Å²) in [5.74, 6) is 0.864.